The molecule has 0 fully saturated rings. The Morgan fingerprint density at radius 1 is 1.32 bits per heavy atom. The van der Waals surface area contributed by atoms with Gasteiger partial charge in [0.15, 0.2) is 5.13 Å². The molecule has 0 aliphatic heterocycles. The molecule has 0 spiro atoms. The predicted octanol–water partition coefficient (Wildman–Crippen LogP) is 1.08. The fraction of sp³-hybridized carbons (Fsp3) is 0.231. The Labute approximate surface area is 115 Å². The van der Waals surface area contributed by atoms with Crippen LogP contribution in [0.5, 0.6) is 0 Å². The maximum absolute atomic E-state index is 11.7. The van der Waals surface area contributed by atoms with Crippen molar-refractivity contribution < 1.29 is 9.90 Å². The van der Waals surface area contributed by atoms with Crippen LogP contribution in [0.1, 0.15) is 16.8 Å². The predicted molar refractivity (Wildman–Crippen MR) is 74.4 cm³/mol. The average Bonchev–Trinajstić information content (AvgIpc) is 2.82. The van der Waals surface area contributed by atoms with E-state index in [-0.39, 0.29) is 18.9 Å². The second-order valence-electron chi connectivity index (χ2n) is 4.11. The molecule has 4 N–H and O–H groups in total. The summed E-state index contributed by atoms with van der Waals surface area (Å²) in [4.78, 5) is 15.7. The molecule has 0 saturated carbocycles. The third kappa shape index (κ3) is 4.04. The minimum atomic E-state index is -0.0865. The Hall–Kier alpha value is -1.92. The number of benzene rings is 1. The van der Waals surface area contributed by atoms with Crippen LogP contribution in [0.25, 0.3) is 0 Å². The van der Waals surface area contributed by atoms with Crippen LogP contribution in [0, 0.1) is 0 Å². The Morgan fingerprint density at radius 3 is 2.58 bits per heavy atom. The SMILES string of the molecule is Nc1nc(CC(=O)NCc2ccc(CO)cc2)cs1. The highest BCUT2D eigenvalue weighted by Gasteiger charge is 2.06. The minimum Gasteiger partial charge on any atom is -0.392 e. The Bertz CT molecular complexity index is 551. The zero-order chi connectivity index (χ0) is 13.7. The van der Waals surface area contributed by atoms with Crippen molar-refractivity contribution in [3.05, 3.63) is 46.5 Å². The standard InChI is InChI=1S/C13H15N3O2S/c14-13-16-11(8-19-13)5-12(18)15-6-9-1-3-10(7-17)4-2-9/h1-4,8,17H,5-7H2,(H2,14,16)(H,15,18). The first-order valence-corrected chi connectivity index (χ1v) is 6.70. The van der Waals surface area contributed by atoms with E-state index in [1.165, 1.54) is 11.3 Å². The van der Waals surface area contributed by atoms with Gasteiger partial charge < -0.3 is 16.2 Å². The van der Waals surface area contributed by atoms with E-state index in [0.29, 0.717) is 17.4 Å². The van der Waals surface area contributed by atoms with Gasteiger partial charge in [-0.1, -0.05) is 24.3 Å². The highest BCUT2D eigenvalue weighted by Crippen LogP contribution is 2.11. The first-order chi connectivity index (χ1) is 9.17. The Morgan fingerprint density at radius 2 is 2.00 bits per heavy atom. The van der Waals surface area contributed by atoms with Gasteiger partial charge in [-0.2, -0.15) is 0 Å². The molecule has 1 aromatic carbocycles. The molecule has 0 atom stereocenters. The number of anilines is 1. The lowest BCUT2D eigenvalue weighted by molar-refractivity contribution is -0.120. The number of carbonyl (C=O) groups is 1. The zero-order valence-corrected chi connectivity index (χ0v) is 11.1. The molecule has 6 heteroatoms. The van der Waals surface area contributed by atoms with E-state index in [1.54, 1.807) is 5.38 Å². The molecule has 2 rings (SSSR count). The number of amides is 1. The van der Waals surface area contributed by atoms with Crippen LogP contribution in [-0.2, 0) is 24.4 Å². The summed E-state index contributed by atoms with van der Waals surface area (Å²) in [5.74, 6) is -0.0865. The van der Waals surface area contributed by atoms with E-state index in [9.17, 15) is 4.79 Å². The molecular weight excluding hydrogens is 262 g/mol. The van der Waals surface area contributed by atoms with Gasteiger partial charge in [0.2, 0.25) is 5.91 Å². The number of thiazole rings is 1. The molecular formula is C13H15N3O2S. The molecule has 100 valence electrons. The van der Waals surface area contributed by atoms with Gasteiger partial charge in [0.05, 0.1) is 18.7 Å². The van der Waals surface area contributed by atoms with Gasteiger partial charge in [-0.05, 0) is 11.1 Å². The summed E-state index contributed by atoms with van der Waals surface area (Å²) < 4.78 is 0. The summed E-state index contributed by atoms with van der Waals surface area (Å²) in [5, 5.41) is 14.0. The number of aliphatic hydroxyl groups excluding tert-OH is 1. The molecule has 19 heavy (non-hydrogen) atoms. The van der Waals surface area contributed by atoms with Crippen molar-refractivity contribution in [1.82, 2.24) is 10.3 Å². The summed E-state index contributed by atoms with van der Waals surface area (Å²) in [5.41, 5.74) is 8.04. The number of nitrogen functional groups attached to an aromatic ring is 1. The van der Waals surface area contributed by atoms with Crippen LogP contribution in [-0.4, -0.2) is 16.0 Å². The quantitative estimate of drug-likeness (QED) is 0.763. The second kappa shape index (κ2) is 6.31. The van der Waals surface area contributed by atoms with Crippen molar-refractivity contribution in [3.63, 3.8) is 0 Å². The maximum atomic E-state index is 11.7. The van der Waals surface area contributed by atoms with E-state index in [1.807, 2.05) is 24.3 Å². The molecule has 0 radical (unpaired) electrons. The van der Waals surface area contributed by atoms with Crippen molar-refractivity contribution in [2.75, 3.05) is 5.73 Å². The fourth-order valence-electron chi connectivity index (χ4n) is 1.59. The maximum Gasteiger partial charge on any atom is 0.226 e. The van der Waals surface area contributed by atoms with Crippen LogP contribution in [0.3, 0.4) is 0 Å². The molecule has 0 aliphatic carbocycles. The first-order valence-electron chi connectivity index (χ1n) is 5.82. The van der Waals surface area contributed by atoms with Gasteiger partial charge in [0.1, 0.15) is 0 Å². The van der Waals surface area contributed by atoms with E-state index < -0.39 is 0 Å². The molecule has 0 bridgehead atoms. The number of nitrogens with two attached hydrogens (primary N) is 1. The monoisotopic (exact) mass is 277 g/mol. The van der Waals surface area contributed by atoms with Gasteiger partial charge in [-0.3, -0.25) is 4.79 Å². The normalized spacial score (nSPS) is 10.4. The lowest BCUT2D eigenvalue weighted by Gasteiger charge is -2.05. The van der Waals surface area contributed by atoms with Crippen LogP contribution >= 0.6 is 11.3 Å². The van der Waals surface area contributed by atoms with Crippen LogP contribution in [0.15, 0.2) is 29.6 Å². The molecule has 1 aromatic heterocycles. The van der Waals surface area contributed by atoms with Gasteiger partial charge >= 0.3 is 0 Å². The highest BCUT2D eigenvalue weighted by atomic mass is 32.1. The number of hydrogen-bond acceptors (Lipinski definition) is 5. The molecule has 0 saturated heterocycles. The van der Waals surface area contributed by atoms with E-state index in [2.05, 4.69) is 10.3 Å². The summed E-state index contributed by atoms with van der Waals surface area (Å²) in [6, 6.07) is 7.44. The van der Waals surface area contributed by atoms with Crippen molar-refractivity contribution in [2.24, 2.45) is 0 Å². The lowest BCUT2D eigenvalue weighted by Crippen LogP contribution is -2.24. The molecule has 1 amide bonds. The Balaban J connectivity index is 1.82. The van der Waals surface area contributed by atoms with Gasteiger partial charge in [-0.15, -0.1) is 11.3 Å². The smallest absolute Gasteiger partial charge is 0.226 e. The number of nitrogens with zero attached hydrogens (tertiary/aromatic N) is 1. The number of nitrogens with one attached hydrogen (secondary N) is 1. The highest BCUT2D eigenvalue weighted by molar-refractivity contribution is 7.13. The average molecular weight is 277 g/mol. The van der Waals surface area contributed by atoms with E-state index in [4.69, 9.17) is 10.8 Å². The number of rotatable bonds is 5. The number of aromatic nitrogens is 1. The van der Waals surface area contributed by atoms with Gasteiger partial charge in [0.25, 0.3) is 0 Å². The summed E-state index contributed by atoms with van der Waals surface area (Å²) >= 11 is 1.33. The zero-order valence-electron chi connectivity index (χ0n) is 10.3. The summed E-state index contributed by atoms with van der Waals surface area (Å²) in [7, 11) is 0. The van der Waals surface area contributed by atoms with E-state index >= 15 is 0 Å². The number of carbonyl (C=O) groups excluding carboxylic acids is 1. The third-order valence-electron chi connectivity index (χ3n) is 2.61. The van der Waals surface area contributed by atoms with Crippen molar-refractivity contribution in [3.8, 4) is 0 Å². The largest absolute Gasteiger partial charge is 0.392 e. The summed E-state index contributed by atoms with van der Waals surface area (Å²) in [6.07, 6.45) is 0.239. The van der Waals surface area contributed by atoms with Crippen molar-refractivity contribution >= 4 is 22.4 Å². The molecule has 1 heterocycles. The molecule has 2 aromatic rings. The second-order valence-corrected chi connectivity index (χ2v) is 4.99. The van der Waals surface area contributed by atoms with Crippen LogP contribution in [0.2, 0.25) is 0 Å². The topological polar surface area (TPSA) is 88.2 Å². The van der Waals surface area contributed by atoms with E-state index in [0.717, 1.165) is 11.1 Å². The molecule has 5 nitrogen and oxygen atoms in total. The van der Waals surface area contributed by atoms with Gasteiger partial charge in [-0.25, -0.2) is 4.98 Å². The third-order valence-corrected chi connectivity index (χ3v) is 3.33. The van der Waals surface area contributed by atoms with Gasteiger partial charge in [0, 0.05) is 11.9 Å². The summed E-state index contributed by atoms with van der Waals surface area (Å²) in [6.45, 7) is 0.488. The van der Waals surface area contributed by atoms with Crippen LogP contribution in [0.4, 0.5) is 5.13 Å². The van der Waals surface area contributed by atoms with Crippen molar-refractivity contribution in [2.45, 2.75) is 19.6 Å². The van der Waals surface area contributed by atoms with Crippen LogP contribution < -0.4 is 11.1 Å². The van der Waals surface area contributed by atoms with Crippen molar-refractivity contribution in [1.29, 1.82) is 0 Å². The number of hydrogen-bond donors (Lipinski definition) is 3. The number of aliphatic hydroxyl groups is 1. The lowest BCUT2D eigenvalue weighted by atomic mass is 10.1. The molecule has 0 unspecified atom stereocenters. The molecule has 0 aliphatic rings. The fourth-order valence-corrected chi connectivity index (χ4v) is 2.16. The minimum absolute atomic E-state index is 0.0257. The Kier molecular flexibility index (Phi) is 4.48. The first kappa shape index (κ1) is 13.5.